The molecule has 5 heteroatoms. The van der Waals surface area contributed by atoms with E-state index in [-0.39, 0.29) is 6.04 Å². The molecule has 0 fully saturated rings. The first-order chi connectivity index (χ1) is 8.58. The maximum Gasteiger partial charge on any atom is 0.123 e. The Morgan fingerprint density at radius 1 is 1.39 bits per heavy atom. The van der Waals surface area contributed by atoms with Gasteiger partial charge in [0.25, 0.3) is 0 Å². The predicted octanol–water partition coefficient (Wildman–Crippen LogP) is 1.40. The van der Waals surface area contributed by atoms with Crippen molar-refractivity contribution in [1.82, 2.24) is 0 Å². The third kappa shape index (κ3) is 4.40. The van der Waals surface area contributed by atoms with E-state index in [0.717, 1.165) is 16.9 Å². The van der Waals surface area contributed by atoms with Gasteiger partial charge in [-0.1, -0.05) is 17.7 Å². The van der Waals surface area contributed by atoms with Crippen LogP contribution in [-0.4, -0.2) is 36.5 Å². The number of hydrogen-bond acceptors (Lipinski definition) is 4. The average Bonchev–Trinajstić information content (AvgIpc) is 2.36. The summed E-state index contributed by atoms with van der Waals surface area (Å²) in [6.07, 6.45) is 0. The topological polar surface area (TPSA) is 61.5 Å². The van der Waals surface area contributed by atoms with Crippen molar-refractivity contribution < 1.29 is 13.7 Å². The number of aryl methyl sites for hydroxylation is 1. The minimum atomic E-state index is -0.973. The first kappa shape index (κ1) is 15.1. The van der Waals surface area contributed by atoms with Gasteiger partial charge in [0.1, 0.15) is 5.75 Å². The molecule has 0 spiro atoms. The van der Waals surface area contributed by atoms with E-state index in [0.29, 0.717) is 18.1 Å². The van der Waals surface area contributed by atoms with Gasteiger partial charge in [-0.25, -0.2) is 0 Å². The fourth-order valence-corrected chi connectivity index (χ4v) is 2.79. The molecule has 2 N–H and O–H groups in total. The van der Waals surface area contributed by atoms with E-state index in [9.17, 15) is 4.21 Å². The van der Waals surface area contributed by atoms with Crippen LogP contribution in [0.25, 0.3) is 0 Å². The van der Waals surface area contributed by atoms with E-state index in [1.807, 2.05) is 25.1 Å². The Morgan fingerprint density at radius 2 is 2.11 bits per heavy atom. The Hall–Kier alpha value is -0.910. The minimum absolute atomic E-state index is 0.280. The summed E-state index contributed by atoms with van der Waals surface area (Å²) in [6.45, 7) is 2.49. The molecule has 102 valence electrons. The van der Waals surface area contributed by atoms with Gasteiger partial charge in [-0.3, -0.25) is 4.21 Å². The van der Waals surface area contributed by atoms with Crippen molar-refractivity contribution in [2.24, 2.45) is 5.73 Å². The first-order valence-corrected chi connectivity index (χ1v) is 7.31. The summed E-state index contributed by atoms with van der Waals surface area (Å²) in [6, 6.07) is 5.56. The summed E-state index contributed by atoms with van der Waals surface area (Å²) in [7, 11) is 2.24. The normalized spacial score (nSPS) is 14.2. The molecule has 0 radical (unpaired) electrons. The van der Waals surface area contributed by atoms with Crippen molar-refractivity contribution in [3.8, 4) is 5.75 Å². The van der Waals surface area contributed by atoms with E-state index < -0.39 is 10.8 Å². The SMILES string of the molecule is COCCS(=O)CC(N)c1cc(C)ccc1OC. The van der Waals surface area contributed by atoms with Crippen LogP contribution in [0.5, 0.6) is 5.75 Å². The lowest BCUT2D eigenvalue weighted by Gasteiger charge is -2.16. The molecule has 2 atom stereocenters. The predicted molar refractivity (Wildman–Crippen MR) is 74.4 cm³/mol. The Kier molecular flexibility index (Phi) is 6.32. The second-order valence-electron chi connectivity index (χ2n) is 4.16. The highest BCUT2D eigenvalue weighted by molar-refractivity contribution is 7.85. The number of hydrogen-bond donors (Lipinski definition) is 1. The summed E-state index contributed by atoms with van der Waals surface area (Å²) in [5.41, 5.74) is 8.12. The fraction of sp³-hybridized carbons (Fsp3) is 0.538. The molecular formula is C13H21NO3S. The van der Waals surface area contributed by atoms with Gasteiger partial charge in [-0.15, -0.1) is 0 Å². The highest BCUT2D eigenvalue weighted by atomic mass is 32.2. The average molecular weight is 271 g/mol. The minimum Gasteiger partial charge on any atom is -0.496 e. The Balaban J connectivity index is 2.73. The van der Waals surface area contributed by atoms with Crippen LogP contribution in [0.4, 0.5) is 0 Å². The number of nitrogens with two attached hydrogens (primary N) is 1. The molecule has 1 aromatic rings. The van der Waals surface area contributed by atoms with Gasteiger partial charge < -0.3 is 15.2 Å². The molecule has 0 aliphatic rings. The fourth-order valence-electron chi connectivity index (χ4n) is 1.69. The van der Waals surface area contributed by atoms with E-state index >= 15 is 0 Å². The van der Waals surface area contributed by atoms with Crippen molar-refractivity contribution >= 4 is 10.8 Å². The zero-order chi connectivity index (χ0) is 13.5. The van der Waals surface area contributed by atoms with Crippen LogP contribution in [-0.2, 0) is 15.5 Å². The smallest absolute Gasteiger partial charge is 0.123 e. The molecule has 0 bridgehead atoms. The molecule has 2 unspecified atom stereocenters. The third-order valence-corrected chi connectivity index (χ3v) is 4.02. The molecule has 0 aliphatic heterocycles. The monoisotopic (exact) mass is 271 g/mol. The largest absolute Gasteiger partial charge is 0.496 e. The molecular weight excluding hydrogens is 250 g/mol. The van der Waals surface area contributed by atoms with E-state index in [2.05, 4.69) is 0 Å². The van der Waals surface area contributed by atoms with Gasteiger partial charge in [-0.05, 0) is 13.0 Å². The number of benzene rings is 1. The lowest BCUT2D eigenvalue weighted by molar-refractivity contribution is 0.218. The van der Waals surface area contributed by atoms with Crippen LogP contribution in [0.2, 0.25) is 0 Å². The van der Waals surface area contributed by atoms with Crippen LogP contribution < -0.4 is 10.5 Å². The van der Waals surface area contributed by atoms with Gasteiger partial charge >= 0.3 is 0 Å². The standard InChI is InChI=1S/C13H21NO3S/c1-10-4-5-13(17-3)11(8-10)12(14)9-18(15)7-6-16-2/h4-5,8,12H,6-7,9,14H2,1-3H3. The van der Waals surface area contributed by atoms with Crippen LogP contribution in [0.3, 0.4) is 0 Å². The zero-order valence-corrected chi connectivity index (χ0v) is 12.0. The van der Waals surface area contributed by atoms with Gasteiger partial charge in [0.2, 0.25) is 0 Å². The molecule has 0 aliphatic carbocycles. The Morgan fingerprint density at radius 3 is 2.72 bits per heavy atom. The van der Waals surface area contributed by atoms with Crippen molar-refractivity contribution in [1.29, 1.82) is 0 Å². The third-order valence-electron chi connectivity index (χ3n) is 2.67. The maximum absolute atomic E-state index is 11.8. The quantitative estimate of drug-likeness (QED) is 0.814. The van der Waals surface area contributed by atoms with Crippen molar-refractivity contribution in [3.05, 3.63) is 29.3 Å². The molecule has 4 nitrogen and oxygen atoms in total. The molecule has 18 heavy (non-hydrogen) atoms. The zero-order valence-electron chi connectivity index (χ0n) is 11.1. The first-order valence-electron chi connectivity index (χ1n) is 5.82. The molecule has 0 aromatic heterocycles. The van der Waals surface area contributed by atoms with E-state index in [1.165, 1.54) is 0 Å². The van der Waals surface area contributed by atoms with Crippen molar-refractivity contribution in [2.45, 2.75) is 13.0 Å². The van der Waals surface area contributed by atoms with Gasteiger partial charge in [0.05, 0.1) is 13.7 Å². The summed E-state index contributed by atoms with van der Waals surface area (Å²) in [5.74, 6) is 1.68. The highest BCUT2D eigenvalue weighted by Crippen LogP contribution is 2.25. The summed E-state index contributed by atoms with van der Waals surface area (Å²) < 4.78 is 22.0. The highest BCUT2D eigenvalue weighted by Gasteiger charge is 2.15. The summed E-state index contributed by atoms with van der Waals surface area (Å²) >= 11 is 0. The summed E-state index contributed by atoms with van der Waals surface area (Å²) in [5, 5.41) is 0. The van der Waals surface area contributed by atoms with E-state index in [4.69, 9.17) is 15.2 Å². The number of methoxy groups -OCH3 is 2. The maximum atomic E-state index is 11.8. The Bertz CT molecular complexity index is 409. The lowest BCUT2D eigenvalue weighted by atomic mass is 10.1. The summed E-state index contributed by atoms with van der Waals surface area (Å²) in [4.78, 5) is 0. The van der Waals surface area contributed by atoms with Gasteiger partial charge in [-0.2, -0.15) is 0 Å². The second kappa shape index (κ2) is 7.51. The Labute approximate surface area is 111 Å². The van der Waals surface area contributed by atoms with Crippen molar-refractivity contribution in [2.75, 3.05) is 32.3 Å². The van der Waals surface area contributed by atoms with Gasteiger partial charge in [0.15, 0.2) is 0 Å². The molecule has 0 saturated carbocycles. The van der Waals surface area contributed by atoms with Crippen LogP contribution >= 0.6 is 0 Å². The lowest BCUT2D eigenvalue weighted by Crippen LogP contribution is -2.21. The van der Waals surface area contributed by atoms with Crippen LogP contribution in [0, 0.1) is 6.92 Å². The second-order valence-corrected chi connectivity index (χ2v) is 5.78. The molecule has 0 saturated heterocycles. The van der Waals surface area contributed by atoms with Crippen molar-refractivity contribution in [3.63, 3.8) is 0 Å². The molecule has 0 amide bonds. The molecule has 1 rings (SSSR count). The molecule has 1 aromatic carbocycles. The van der Waals surface area contributed by atoms with E-state index in [1.54, 1.807) is 14.2 Å². The van der Waals surface area contributed by atoms with Crippen LogP contribution in [0.15, 0.2) is 18.2 Å². The molecule has 0 heterocycles. The number of rotatable bonds is 7. The number of ether oxygens (including phenoxy) is 2. The van der Waals surface area contributed by atoms with Crippen LogP contribution in [0.1, 0.15) is 17.2 Å². The van der Waals surface area contributed by atoms with Gasteiger partial charge in [0, 0.05) is 41.0 Å².